The molecular formula is C20H36B2O4. The minimum atomic E-state index is -0.924. The molecule has 0 radical (unpaired) electrons. The van der Waals surface area contributed by atoms with Gasteiger partial charge in [-0.2, -0.15) is 0 Å². The van der Waals surface area contributed by atoms with Crippen LogP contribution in [0.1, 0.15) is 66.5 Å². The van der Waals surface area contributed by atoms with Crippen molar-refractivity contribution in [1.29, 1.82) is 0 Å². The van der Waals surface area contributed by atoms with Gasteiger partial charge >= 0.3 is 15.0 Å². The Bertz CT molecular complexity index is 570. The fourth-order valence-electron chi connectivity index (χ4n) is 2.12. The maximum absolute atomic E-state index is 10.2. The summed E-state index contributed by atoms with van der Waals surface area (Å²) < 4.78 is 12.0. The van der Waals surface area contributed by atoms with Crippen molar-refractivity contribution in [2.24, 2.45) is 0 Å². The van der Waals surface area contributed by atoms with E-state index in [1.807, 2.05) is 27.7 Å². The molecule has 0 saturated heterocycles. The molecule has 1 aromatic rings. The summed E-state index contributed by atoms with van der Waals surface area (Å²) >= 11 is 0. The van der Waals surface area contributed by atoms with E-state index in [9.17, 15) is 10.2 Å². The van der Waals surface area contributed by atoms with Gasteiger partial charge < -0.3 is 19.5 Å². The summed E-state index contributed by atoms with van der Waals surface area (Å²) in [7, 11) is 0.889. The fraction of sp³-hybridized carbons (Fsp3) is 0.700. The first-order valence-corrected chi connectivity index (χ1v) is 9.29. The van der Waals surface area contributed by atoms with Gasteiger partial charge in [-0.1, -0.05) is 23.3 Å². The average molecular weight is 362 g/mol. The summed E-state index contributed by atoms with van der Waals surface area (Å²) in [5.74, 6) is 0. The fourth-order valence-corrected chi connectivity index (χ4v) is 2.12. The minimum Gasteiger partial charge on any atom is -0.427 e. The van der Waals surface area contributed by atoms with E-state index in [0.717, 1.165) is 22.1 Å². The van der Waals surface area contributed by atoms with Gasteiger partial charge in [0, 0.05) is 0 Å². The molecule has 0 unspecified atom stereocenters. The highest BCUT2D eigenvalue weighted by Crippen LogP contribution is 2.25. The molecule has 26 heavy (non-hydrogen) atoms. The highest BCUT2D eigenvalue weighted by atomic mass is 16.5. The van der Waals surface area contributed by atoms with Crippen molar-refractivity contribution >= 4 is 25.9 Å². The molecule has 2 N–H and O–H groups in total. The molecule has 0 aromatic heterocycles. The third-order valence-corrected chi connectivity index (χ3v) is 5.92. The zero-order chi connectivity index (χ0) is 20.6. The molecule has 0 aliphatic rings. The molecule has 146 valence electrons. The molecule has 4 nitrogen and oxygen atoms in total. The highest BCUT2D eigenvalue weighted by Gasteiger charge is 2.36. The molecule has 0 spiro atoms. The van der Waals surface area contributed by atoms with Crippen molar-refractivity contribution in [3.8, 4) is 0 Å². The summed E-state index contributed by atoms with van der Waals surface area (Å²) in [5.41, 5.74) is 1.32. The molecular weight excluding hydrogens is 326 g/mol. The minimum absolute atomic E-state index is 0.444. The Morgan fingerprint density at radius 2 is 0.923 bits per heavy atom. The third kappa shape index (κ3) is 5.59. The molecule has 0 aliphatic heterocycles. The lowest BCUT2D eigenvalue weighted by atomic mass is 9.74. The molecule has 6 heteroatoms. The van der Waals surface area contributed by atoms with E-state index in [1.165, 1.54) is 0 Å². The van der Waals surface area contributed by atoms with Crippen molar-refractivity contribution in [3.63, 3.8) is 0 Å². The van der Waals surface area contributed by atoms with Crippen LogP contribution in [-0.2, 0) is 9.31 Å². The van der Waals surface area contributed by atoms with E-state index in [4.69, 9.17) is 9.31 Å². The maximum Gasteiger partial charge on any atom is 0.309 e. The summed E-state index contributed by atoms with van der Waals surface area (Å²) in [6.07, 6.45) is 0. The van der Waals surface area contributed by atoms with Gasteiger partial charge in [-0.3, -0.25) is 0 Å². The maximum atomic E-state index is 10.2. The van der Waals surface area contributed by atoms with E-state index < -0.39 is 22.4 Å². The first-order chi connectivity index (χ1) is 11.5. The molecule has 0 aliphatic carbocycles. The number of rotatable bonds is 8. The van der Waals surface area contributed by atoms with Crippen molar-refractivity contribution in [1.82, 2.24) is 0 Å². The second-order valence-electron chi connectivity index (χ2n) is 9.42. The normalized spacial score (nSPS) is 13.7. The molecule has 0 bridgehead atoms. The SMILES string of the molecule is Cc1cc(BOC(C)(C)C(C)(C)O)c(C)cc1BOC(C)(C)C(C)(C)O. The van der Waals surface area contributed by atoms with Crippen LogP contribution in [0.25, 0.3) is 0 Å². The van der Waals surface area contributed by atoms with Crippen molar-refractivity contribution in [2.75, 3.05) is 0 Å². The van der Waals surface area contributed by atoms with Gasteiger partial charge in [0.15, 0.2) is 0 Å². The number of hydrogen-bond acceptors (Lipinski definition) is 4. The Kier molecular flexibility index (Phi) is 6.85. The number of aryl methyl sites for hydroxylation is 2. The van der Waals surface area contributed by atoms with Crippen molar-refractivity contribution in [3.05, 3.63) is 23.3 Å². The first kappa shape index (κ1) is 23.2. The lowest BCUT2D eigenvalue weighted by Crippen LogP contribution is -2.50. The Morgan fingerprint density at radius 1 is 0.654 bits per heavy atom. The summed E-state index contributed by atoms with van der Waals surface area (Å²) in [4.78, 5) is 0. The van der Waals surface area contributed by atoms with Gasteiger partial charge in [0.1, 0.15) is 0 Å². The largest absolute Gasteiger partial charge is 0.427 e. The molecule has 0 heterocycles. The Morgan fingerprint density at radius 3 is 1.15 bits per heavy atom. The van der Waals surface area contributed by atoms with Crippen molar-refractivity contribution < 1.29 is 19.5 Å². The quantitative estimate of drug-likeness (QED) is 0.687. The van der Waals surface area contributed by atoms with E-state index in [-0.39, 0.29) is 0 Å². The summed E-state index contributed by atoms with van der Waals surface area (Å²) in [6.45, 7) is 18.7. The standard InChI is InChI=1S/C20H36B2O4/c1-13-11-16(22-26-20(9,10)18(5,6)24)14(2)12-15(13)21-25-19(7,8)17(3,4)23/h11-12,21-24H,1-10H3. The second kappa shape index (κ2) is 7.67. The van der Waals surface area contributed by atoms with Crippen LogP contribution in [0.3, 0.4) is 0 Å². The van der Waals surface area contributed by atoms with E-state index in [0.29, 0.717) is 15.0 Å². The third-order valence-electron chi connectivity index (χ3n) is 5.92. The van der Waals surface area contributed by atoms with Crippen LogP contribution in [0.2, 0.25) is 0 Å². The van der Waals surface area contributed by atoms with E-state index in [1.54, 1.807) is 27.7 Å². The predicted octanol–water partition coefficient (Wildman–Crippen LogP) is 1.39. The van der Waals surface area contributed by atoms with Crippen LogP contribution < -0.4 is 10.9 Å². The number of hydrogen-bond donors (Lipinski definition) is 2. The van der Waals surface area contributed by atoms with Gasteiger partial charge in [0.05, 0.1) is 22.4 Å². The van der Waals surface area contributed by atoms with Crippen LogP contribution in [0, 0.1) is 13.8 Å². The van der Waals surface area contributed by atoms with Crippen LogP contribution in [0.15, 0.2) is 12.1 Å². The van der Waals surface area contributed by atoms with Crippen LogP contribution in [0.4, 0.5) is 0 Å². The van der Waals surface area contributed by atoms with Gasteiger partial charge in [-0.05, 0) is 80.2 Å². The van der Waals surface area contributed by atoms with E-state index >= 15 is 0 Å². The van der Waals surface area contributed by atoms with E-state index in [2.05, 4.69) is 26.0 Å². The lowest BCUT2D eigenvalue weighted by molar-refractivity contribution is -0.0893. The van der Waals surface area contributed by atoms with Crippen LogP contribution >= 0.6 is 0 Å². The number of aliphatic hydroxyl groups is 2. The van der Waals surface area contributed by atoms with Crippen LogP contribution in [-0.4, -0.2) is 47.6 Å². The second-order valence-corrected chi connectivity index (χ2v) is 9.42. The number of benzene rings is 1. The van der Waals surface area contributed by atoms with Gasteiger partial charge in [0.25, 0.3) is 0 Å². The molecule has 0 amide bonds. The van der Waals surface area contributed by atoms with Gasteiger partial charge in [-0.15, -0.1) is 0 Å². The Labute approximate surface area is 160 Å². The Hall–Kier alpha value is -0.810. The predicted molar refractivity (Wildman–Crippen MR) is 112 cm³/mol. The molecule has 1 rings (SSSR count). The summed E-state index contributed by atoms with van der Waals surface area (Å²) in [6, 6.07) is 4.23. The van der Waals surface area contributed by atoms with Gasteiger partial charge in [-0.25, -0.2) is 0 Å². The molecule has 0 fully saturated rings. The topological polar surface area (TPSA) is 58.9 Å². The Balaban J connectivity index is 2.89. The smallest absolute Gasteiger partial charge is 0.309 e. The average Bonchev–Trinajstić information content (AvgIpc) is 2.44. The van der Waals surface area contributed by atoms with Crippen LogP contribution in [0.5, 0.6) is 0 Å². The molecule has 0 saturated carbocycles. The molecule has 0 atom stereocenters. The lowest BCUT2D eigenvalue weighted by Gasteiger charge is -2.38. The highest BCUT2D eigenvalue weighted by molar-refractivity contribution is 6.50. The zero-order valence-corrected chi connectivity index (χ0v) is 18.3. The monoisotopic (exact) mass is 362 g/mol. The zero-order valence-electron chi connectivity index (χ0n) is 18.3. The first-order valence-electron chi connectivity index (χ1n) is 9.29. The summed E-state index contributed by atoms with van der Waals surface area (Å²) in [5, 5.41) is 20.5. The van der Waals surface area contributed by atoms with Crippen molar-refractivity contribution in [2.45, 2.75) is 91.6 Å². The molecule has 1 aromatic carbocycles. The van der Waals surface area contributed by atoms with Gasteiger partial charge in [0.2, 0.25) is 0 Å².